The summed E-state index contributed by atoms with van der Waals surface area (Å²) in [6.45, 7) is 0.239. The number of benzene rings is 1. The molecule has 2 rings (SSSR count). The van der Waals surface area contributed by atoms with E-state index in [1.54, 1.807) is 30.1 Å². The molecule has 7 nitrogen and oxygen atoms in total. The van der Waals surface area contributed by atoms with Gasteiger partial charge in [0.25, 0.3) is 5.91 Å². The molecule has 0 unspecified atom stereocenters. The average molecular weight is 292 g/mol. The summed E-state index contributed by atoms with van der Waals surface area (Å²) in [4.78, 5) is 26.6. The number of carbonyl (C=O) groups is 1. The maximum Gasteiger partial charge on any atom is 0.305 e. The van der Waals surface area contributed by atoms with Crippen molar-refractivity contribution in [3.8, 4) is 0 Å². The van der Waals surface area contributed by atoms with Crippen molar-refractivity contribution in [3.63, 3.8) is 0 Å². The highest BCUT2D eigenvalue weighted by Gasteiger charge is 2.23. The van der Waals surface area contributed by atoms with Crippen molar-refractivity contribution in [2.75, 3.05) is 12.4 Å². The van der Waals surface area contributed by atoms with Gasteiger partial charge >= 0.3 is 5.69 Å². The number of carbonyl (C=O) groups excluding carboxylic acids is 1. The number of rotatable bonds is 5. The molecule has 2 aromatic rings. The van der Waals surface area contributed by atoms with Gasteiger partial charge in [0.05, 0.1) is 22.7 Å². The fourth-order valence-electron chi connectivity index (χ4n) is 1.72. The maximum absolute atomic E-state index is 12.1. The first-order chi connectivity index (χ1) is 9.63. The highest BCUT2D eigenvalue weighted by molar-refractivity contribution is 7.07. The van der Waals surface area contributed by atoms with Gasteiger partial charge in [0.2, 0.25) is 0 Å². The molecule has 8 heteroatoms. The van der Waals surface area contributed by atoms with Crippen LogP contribution in [0.25, 0.3) is 0 Å². The van der Waals surface area contributed by atoms with E-state index in [4.69, 9.17) is 0 Å². The van der Waals surface area contributed by atoms with E-state index in [2.05, 4.69) is 15.6 Å². The van der Waals surface area contributed by atoms with E-state index in [1.807, 2.05) is 0 Å². The van der Waals surface area contributed by atoms with Gasteiger partial charge in [-0.1, -0.05) is 6.07 Å². The van der Waals surface area contributed by atoms with Gasteiger partial charge in [-0.25, -0.2) is 4.98 Å². The first kappa shape index (κ1) is 13.9. The van der Waals surface area contributed by atoms with Crippen LogP contribution >= 0.6 is 11.3 Å². The Bertz CT molecular complexity index is 628. The SMILES string of the molecule is CNc1cccc(C(=O)NCc2cscn2)c1[N+](=O)[O-]. The summed E-state index contributed by atoms with van der Waals surface area (Å²) in [5, 5.41) is 18.2. The van der Waals surface area contributed by atoms with E-state index < -0.39 is 10.8 Å². The number of nitrogens with one attached hydrogen (secondary N) is 2. The van der Waals surface area contributed by atoms with Gasteiger partial charge in [0.1, 0.15) is 11.3 Å². The molecule has 0 saturated carbocycles. The normalized spacial score (nSPS) is 10.1. The second kappa shape index (κ2) is 6.11. The zero-order valence-corrected chi connectivity index (χ0v) is 11.4. The van der Waals surface area contributed by atoms with E-state index in [1.165, 1.54) is 17.4 Å². The Morgan fingerprint density at radius 3 is 2.90 bits per heavy atom. The molecule has 0 atom stereocenters. The minimum atomic E-state index is -0.566. The van der Waals surface area contributed by atoms with Crippen molar-refractivity contribution in [1.82, 2.24) is 10.3 Å². The third kappa shape index (κ3) is 2.91. The molecule has 1 amide bonds. The molecule has 1 heterocycles. The Hall–Kier alpha value is -2.48. The third-order valence-electron chi connectivity index (χ3n) is 2.65. The van der Waals surface area contributed by atoms with Crippen LogP contribution in [0.4, 0.5) is 11.4 Å². The number of aromatic nitrogens is 1. The fraction of sp³-hybridized carbons (Fsp3) is 0.167. The number of hydrogen-bond acceptors (Lipinski definition) is 6. The first-order valence-electron chi connectivity index (χ1n) is 5.74. The summed E-state index contributed by atoms with van der Waals surface area (Å²) in [6.07, 6.45) is 0. The quantitative estimate of drug-likeness (QED) is 0.649. The maximum atomic E-state index is 12.1. The van der Waals surface area contributed by atoms with E-state index in [0.717, 1.165) is 5.69 Å². The van der Waals surface area contributed by atoms with Gasteiger partial charge in [-0.05, 0) is 12.1 Å². The summed E-state index contributed by atoms with van der Waals surface area (Å²) in [7, 11) is 1.57. The Kier molecular flexibility index (Phi) is 4.26. The third-order valence-corrected chi connectivity index (χ3v) is 3.28. The lowest BCUT2D eigenvalue weighted by Gasteiger charge is -2.07. The van der Waals surface area contributed by atoms with Crippen LogP contribution in [0.15, 0.2) is 29.1 Å². The van der Waals surface area contributed by atoms with E-state index in [0.29, 0.717) is 5.69 Å². The average Bonchev–Trinajstić information content (AvgIpc) is 2.96. The number of amides is 1. The molecule has 1 aromatic heterocycles. The number of anilines is 1. The van der Waals surface area contributed by atoms with Crippen molar-refractivity contribution < 1.29 is 9.72 Å². The zero-order chi connectivity index (χ0) is 14.5. The van der Waals surface area contributed by atoms with Crippen LogP contribution in [0.3, 0.4) is 0 Å². The molecule has 104 valence electrons. The van der Waals surface area contributed by atoms with Crippen molar-refractivity contribution in [2.45, 2.75) is 6.54 Å². The molecule has 0 bridgehead atoms. The number of hydrogen-bond donors (Lipinski definition) is 2. The van der Waals surface area contributed by atoms with Crippen LogP contribution in [0, 0.1) is 10.1 Å². The van der Waals surface area contributed by atoms with Gasteiger partial charge in [0, 0.05) is 12.4 Å². The zero-order valence-electron chi connectivity index (χ0n) is 10.6. The first-order valence-corrected chi connectivity index (χ1v) is 6.68. The lowest BCUT2D eigenvalue weighted by molar-refractivity contribution is -0.384. The number of nitro groups is 1. The minimum Gasteiger partial charge on any atom is -0.383 e. The van der Waals surface area contributed by atoms with Crippen LogP contribution in [0.2, 0.25) is 0 Å². The number of thiazole rings is 1. The molecule has 20 heavy (non-hydrogen) atoms. The Labute approximate surface area is 118 Å². The van der Waals surface area contributed by atoms with Crippen LogP contribution < -0.4 is 10.6 Å². The summed E-state index contributed by atoms with van der Waals surface area (Å²) in [5.41, 5.74) is 2.47. The smallest absolute Gasteiger partial charge is 0.305 e. The highest BCUT2D eigenvalue weighted by Crippen LogP contribution is 2.28. The van der Waals surface area contributed by atoms with Gasteiger partial charge in [-0.3, -0.25) is 14.9 Å². The lowest BCUT2D eigenvalue weighted by atomic mass is 10.1. The highest BCUT2D eigenvalue weighted by atomic mass is 32.1. The molecular weight excluding hydrogens is 280 g/mol. The van der Waals surface area contributed by atoms with Crippen LogP contribution in [-0.2, 0) is 6.54 Å². The number of nitro benzene ring substituents is 1. The Morgan fingerprint density at radius 2 is 2.30 bits per heavy atom. The molecule has 1 aromatic carbocycles. The van der Waals surface area contributed by atoms with Crippen LogP contribution in [0.5, 0.6) is 0 Å². The van der Waals surface area contributed by atoms with Gasteiger partial charge in [-0.2, -0.15) is 0 Å². The van der Waals surface area contributed by atoms with Crippen molar-refractivity contribution in [3.05, 3.63) is 50.5 Å². The molecule has 0 aliphatic carbocycles. The predicted molar refractivity (Wildman–Crippen MR) is 75.9 cm³/mol. The summed E-state index contributed by atoms with van der Waals surface area (Å²) in [6, 6.07) is 4.57. The summed E-state index contributed by atoms with van der Waals surface area (Å²) < 4.78 is 0. The largest absolute Gasteiger partial charge is 0.383 e. The molecule has 0 saturated heterocycles. The van der Waals surface area contributed by atoms with E-state index >= 15 is 0 Å². The van der Waals surface area contributed by atoms with E-state index in [9.17, 15) is 14.9 Å². The molecular formula is C12H12N4O3S. The van der Waals surface area contributed by atoms with Gasteiger partial charge < -0.3 is 10.6 Å². The number of para-hydroxylation sites is 1. The molecule has 0 aliphatic heterocycles. The van der Waals surface area contributed by atoms with E-state index in [-0.39, 0.29) is 17.8 Å². The monoisotopic (exact) mass is 292 g/mol. The van der Waals surface area contributed by atoms with Crippen molar-refractivity contribution >= 4 is 28.6 Å². The predicted octanol–water partition coefficient (Wildman–Crippen LogP) is 2.02. The Morgan fingerprint density at radius 1 is 1.50 bits per heavy atom. The van der Waals surface area contributed by atoms with Crippen molar-refractivity contribution in [2.24, 2.45) is 0 Å². The number of nitrogens with zero attached hydrogens (tertiary/aromatic N) is 2. The minimum absolute atomic E-state index is 0.0251. The molecule has 2 N–H and O–H groups in total. The molecule has 0 radical (unpaired) electrons. The van der Waals surface area contributed by atoms with Gasteiger partial charge in [-0.15, -0.1) is 11.3 Å². The van der Waals surface area contributed by atoms with Crippen LogP contribution in [0.1, 0.15) is 16.1 Å². The molecule has 0 spiro atoms. The Balaban J connectivity index is 2.23. The second-order valence-electron chi connectivity index (χ2n) is 3.87. The van der Waals surface area contributed by atoms with Crippen molar-refractivity contribution in [1.29, 1.82) is 0 Å². The molecule has 0 fully saturated rings. The topological polar surface area (TPSA) is 97.2 Å². The van der Waals surface area contributed by atoms with Crippen LogP contribution in [-0.4, -0.2) is 22.9 Å². The van der Waals surface area contributed by atoms with Gasteiger partial charge in [0.15, 0.2) is 0 Å². The standard InChI is InChI=1S/C12H12N4O3S/c1-13-10-4-2-3-9(11(10)16(18)19)12(17)14-5-8-6-20-7-15-8/h2-4,6-7,13H,5H2,1H3,(H,14,17). The molecule has 0 aliphatic rings. The summed E-state index contributed by atoms with van der Waals surface area (Å²) in [5.74, 6) is -0.498. The second-order valence-corrected chi connectivity index (χ2v) is 4.59. The lowest BCUT2D eigenvalue weighted by Crippen LogP contribution is -2.24. The fourth-order valence-corrected chi connectivity index (χ4v) is 2.27. The summed E-state index contributed by atoms with van der Waals surface area (Å²) >= 11 is 1.42.